The van der Waals surface area contributed by atoms with Crippen LogP contribution in [0.15, 0.2) is 72.8 Å². The number of aryl methyl sites for hydroxylation is 1. The van der Waals surface area contributed by atoms with E-state index in [4.69, 9.17) is 4.74 Å². The first-order valence-corrected chi connectivity index (χ1v) is 10.7. The van der Waals surface area contributed by atoms with Crippen molar-refractivity contribution >= 4 is 5.69 Å². The van der Waals surface area contributed by atoms with Gasteiger partial charge in [-0.15, -0.1) is 0 Å². The summed E-state index contributed by atoms with van der Waals surface area (Å²) in [5, 5.41) is 0. The van der Waals surface area contributed by atoms with Crippen LogP contribution in [0.3, 0.4) is 0 Å². The second-order valence-electron chi connectivity index (χ2n) is 7.51. The van der Waals surface area contributed by atoms with Crippen molar-refractivity contribution in [2.75, 3.05) is 11.6 Å². The number of benzene rings is 2. The van der Waals surface area contributed by atoms with Gasteiger partial charge in [0.1, 0.15) is 5.75 Å². The van der Waals surface area contributed by atoms with Crippen molar-refractivity contribution < 1.29 is 4.74 Å². The van der Waals surface area contributed by atoms with Crippen LogP contribution in [-0.2, 0) is 13.0 Å². The van der Waals surface area contributed by atoms with E-state index in [9.17, 15) is 0 Å². The maximum atomic E-state index is 5.97. The maximum Gasteiger partial charge on any atom is 0.161 e. The summed E-state index contributed by atoms with van der Waals surface area (Å²) in [6.45, 7) is 3.60. The maximum absolute atomic E-state index is 5.97. The van der Waals surface area contributed by atoms with E-state index in [-0.39, 0.29) is 0 Å². The minimum absolute atomic E-state index is 0.625. The number of hydrogen-bond acceptors (Lipinski definition) is 2. The van der Waals surface area contributed by atoms with Gasteiger partial charge in [0, 0.05) is 17.8 Å². The van der Waals surface area contributed by atoms with Gasteiger partial charge in [-0.2, -0.15) is 0 Å². The number of rotatable bonds is 10. The van der Waals surface area contributed by atoms with Gasteiger partial charge in [-0.25, -0.2) is 0 Å². The summed E-state index contributed by atoms with van der Waals surface area (Å²) in [5.74, 6) is 1.04. The second-order valence-corrected chi connectivity index (χ2v) is 7.51. The van der Waals surface area contributed by atoms with Crippen molar-refractivity contribution in [3.63, 3.8) is 0 Å². The van der Waals surface area contributed by atoms with Crippen molar-refractivity contribution in [1.29, 1.82) is 0 Å². The molecular formula is C26H33NO. The van der Waals surface area contributed by atoms with Gasteiger partial charge in [0.05, 0.1) is 0 Å². The highest BCUT2D eigenvalue weighted by molar-refractivity contribution is 5.50. The van der Waals surface area contributed by atoms with Crippen LogP contribution in [0.5, 0.6) is 5.75 Å². The summed E-state index contributed by atoms with van der Waals surface area (Å²) in [6, 6.07) is 17.3. The molecule has 1 aliphatic rings. The molecular weight excluding hydrogens is 342 g/mol. The number of para-hydroxylation sites is 1. The zero-order valence-electron chi connectivity index (χ0n) is 17.1. The van der Waals surface area contributed by atoms with Crippen LogP contribution in [-0.4, -0.2) is 6.73 Å². The Morgan fingerprint density at radius 3 is 2.61 bits per heavy atom. The Hall–Kier alpha value is -2.48. The Morgan fingerprint density at radius 2 is 1.75 bits per heavy atom. The zero-order valence-corrected chi connectivity index (χ0v) is 17.1. The molecule has 1 aliphatic heterocycles. The number of nitrogens with zero attached hydrogens (tertiary/aromatic N) is 1. The van der Waals surface area contributed by atoms with Crippen LogP contribution in [0, 0.1) is 0 Å². The monoisotopic (exact) mass is 375 g/mol. The van der Waals surface area contributed by atoms with Crippen molar-refractivity contribution in [2.45, 2.75) is 58.4 Å². The molecule has 0 unspecified atom stereocenters. The summed E-state index contributed by atoms with van der Waals surface area (Å²) >= 11 is 0. The second kappa shape index (κ2) is 11.4. The van der Waals surface area contributed by atoms with Gasteiger partial charge >= 0.3 is 0 Å². The fourth-order valence-electron chi connectivity index (χ4n) is 3.66. The van der Waals surface area contributed by atoms with E-state index in [1.807, 2.05) is 0 Å². The molecule has 1 heterocycles. The minimum Gasteiger partial charge on any atom is -0.473 e. The van der Waals surface area contributed by atoms with Gasteiger partial charge in [0.25, 0.3) is 0 Å². The van der Waals surface area contributed by atoms with Crippen molar-refractivity contribution in [3.05, 3.63) is 84.0 Å². The topological polar surface area (TPSA) is 12.5 Å². The molecule has 2 nitrogen and oxygen atoms in total. The minimum atomic E-state index is 0.625. The summed E-state index contributed by atoms with van der Waals surface area (Å²) in [5.41, 5.74) is 3.96. The van der Waals surface area contributed by atoms with E-state index >= 15 is 0 Å². The van der Waals surface area contributed by atoms with E-state index in [0.29, 0.717) is 6.73 Å². The molecule has 0 fully saturated rings. The third kappa shape index (κ3) is 6.30. The quantitative estimate of drug-likeness (QED) is 0.325. The number of anilines is 1. The molecule has 0 atom stereocenters. The molecule has 0 radical (unpaired) electrons. The van der Waals surface area contributed by atoms with Crippen molar-refractivity contribution in [1.82, 2.24) is 0 Å². The molecule has 0 aromatic heterocycles. The standard InChI is InChI=1S/C26H33NO/c1-2-3-4-5-6-7-8-9-10-12-15-23-18-19-26-24(20-23)21-27(22-28-26)25-16-13-11-14-17-25/h2-5,11,13-14,16-20H,6-10,12,15,21-22H2,1H3. The average Bonchev–Trinajstić information content (AvgIpc) is 2.75. The Bertz CT molecular complexity index is 763. The fourth-order valence-corrected chi connectivity index (χ4v) is 3.66. The molecule has 28 heavy (non-hydrogen) atoms. The number of hydrogen-bond donors (Lipinski definition) is 0. The van der Waals surface area contributed by atoms with Gasteiger partial charge in [-0.05, 0) is 56.4 Å². The van der Waals surface area contributed by atoms with Gasteiger partial charge in [0.2, 0.25) is 0 Å². The summed E-state index contributed by atoms with van der Waals surface area (Å²) in [6.07, 6.45) is 17.5. The van der Waals surface area contributed by atoms with E-state index < -0.39 is 0 Å². The van der Waals surface area contributed by atoms with E-state index in [1.165, 1.54) is 61.8 Å². The SMILES string of the molecule is CC=CC=CCCCCCCCc1ccc2c(c1)CN(c1ccccc1)CO2. The first-order chi connectivity index (χ1) is 13.9. The molecule has 148 valence electrons. The van der Waals surface area contributed by atoms with Crippen LogP contribution in [0.1, 0.15) is 56.6 Å². The Kier molecular flexibility index (Phi) is 8.24. The number of fused-ring (bicyclic) bond motifs is 1. The first-order valence-electron chi connectivity index (χ1n) is 10.7. The highest BCUT2D eigenvalue weighted by Crippen LogP contribution is 2.29. The predicted molar refractivity (Wildman–Crippen MR) is 120 cm³/mol. The Morgan fingerprint density at radius 1 is 0.929 bits per heavy atom. The van der Waals surface area contributed by atoms with Gasteiger partial charge in [-0.1, -0.05) is 73.9 Å². The lowest BCUT2D eigenvalue weighted by Crippen LogP contribution is -2.31. The Labute approximate surface area is 170 Å². The number of allylic oxidation sites excluding steroid dienone is 4. The molecule has 0 aliphatic carbocycles. The van der Waals surface area contributed by atoms with Crippen LogP contribution >= 0.6 is 0 Å². The Balaban J connectivity index is 1.39. The van der Waals surface area contributed by atoms with Gasteiger partial charge < -0.3 is 9.64 Å². The fraction of sp³-hybridized carbons (Fsp3) is 0.385. The number of unbranched alkanes of at least 4 members (excludes halogenated alkanes) is 5. The molecule has 2 aromatic carbocycles. The third-order valence-corrected chi connectivity index (χ3v) is 5.26. The predicted octanol–water partition coefficient (Wildman–Crippen LogP) is 7.06. The molecule has 0 amide bonds. The number of ether oxygens (including phenoxy) is 1. The molecule has 0 saturated carbocycles. The molecule has 0 N–H and O–H groups in total. The lowest BCUT2D eigenvalue weighted by Gasteiger charge is -2.31. The summed E-state index contributed by atoms with van der Waals surface area (Å²) in [4.78, 5) is 2.29. The van der Waals surface area contributed by atoms with E-state index in [2.05, 4.69) is 84.7 Å². The largest absolute Gasteiger partial charge is 0.473 e. The van der Waals surface area contributed by atoms with Gasteiger partial charge in [0.15, 0.2) is 6.73 Å². The lowest BCUT2D eigenvalue weighted by molar-refractivity contribution is 0.289. The molecule has 2 aromatic rings. The lowest BCUT2D eigenvalue weighted by atomic mass is 10.0. The normalized spacial score (nSPS) is 13.8. The molecule has 0 bridgehead atoms. The zero-order chi connectivity index (χ0) is 19.4. The molecule has 0 saturated heterocycles. The highest BCUT2D eigenvalue weighted by atomic mass is 16.5. The van der Waals surface area contributed by atoms with Crippen LogP contribution in [0.25, 0.3) is 0 Å². The van der Waals surface area contributed by atoms with Crippen molar-refractivity contribution in [2.24, 2.45) is 0 Å². The first kappa shape index (κ1) is 20.3. The smallest absolute Gasteiger partial charge is 0.161 e. The molecule has 0 spiro atoms. The van der Waals surface area contributed by atoms with E-state index in [0.717, 1.165) is 12.3 Å². The van der Waals surface area contributed by atoms with Gasteiger partial charge in [-0.3, -0.25) is 0 Å². The summed E-state index contributed by atoms with van der Waals surface area (Å²) < 4.78 is 5.97. The summed E-state index contributed by atoms with van der Waals surface area (Å²) in [7, 11) is 0. The van der Waals surface area contributed by atoms with Crippen molar-refractivity contribution in [3.8, 4) is 5.75 Å². The molecule has 2 heteroatoms. The average molecular weight is 376 g/mol. The molecule has 3 rings (SSSR count). The third-order valence-electron chi connectivity index (χ3n) is 5.26. The highest BCUT2D eigenvalue weighted by Gasteiger charge is 2.17. The van der Waals surface area contributed by atoms with Crippen LogP contribution < -0.4 is 9.64 Å². The van der Waals surface area contributed by atoms with Crippen LogP contribution in [0.2, 0.25) is 0 Å². The van der Waals surface area contributed by atoms with Crippen LogP contribution in [0.4, 0.5) is 5.69 Å². The van der Waals surface area contributed by atoms with E-state index in [1.54, 1.807) is 0 Å².